The molecule has 0 saturated carbocycles. The highest BCUT2D eigenvalue weighted by molar-refractivity contribution is 7.09. The van der Waals surface area contributed by atoms with Crippen molar-refractivity contribution in [3.63, 3.8) is 0 Å². The summed E-state index contributed by atoms with van der Waals surface area (Å²) in [6, 6.07) is 14.7. The number of aromatic nitrogens is 2. The summed E-state index contributed by atoms with van der Waals surface area (Å²) in [6.45, 7) is 3.07. The number of nitrogens with one attached hydrogen (secondary N) is 1. The average Bonchev–Trinajstić information content (AvgIpc) is 3.04. The van der Waals surface area contributed by atoms with Gasteiger partial charge in [-0.3, -0.25) is 9.78 Å². The lowest BCUT2D eigenvalue weighted by molar-refractivity contribution is 0.451. The van der Waals surface area contributed by atoms with E-state index in [9.17, 15) is 9.90 Å². The Kier molecular flexibility index (Phi) is 3.23. The molecular weight excluding hydrogens is 308 g/mol. The van der Waals surface area contributed by atoms with Gasteiger partial charge in [-0.15, -0.1) is 0 Å². The van der Waals surface area contributed by atoms with Crippen molar-refractivity contribution in [2.75, 3.05) is 0 Å². The lowest BCUT2D eigenvalue weighted by Crippen LogP contribution is -1.93. The number of aromatic hydroxyl groups is 1. The predicted molar refractivity (Wildman–Crippen MR) is 94.5 cm³/mol. The first-order valence-corrected chi connectivity index (χ1v) is 8.40. The monoisotopic (exact) mass is 324 g/mol. The third-order valence-electron chi connectivity index (χ3n) is 4.22. The smallest absolute Gasteiger partial charge is 0.307 e. The van der Waals surface area contributed by atoms with E-state index in [1.165, 1.54) is 21.8 Å². The van der Waals surface area contributed by atoms with E-state index in [1.54, 1.807) is 0 Å². The fraction of sp³-hybridized carbons (Fsp3) is 0.167. The summed E-state index contributed by atoms with van der Waals surface area (Å²) >= 11 is 1.06. The quantitative estimate of drug-likeness (QED) is 0.601. The minimum atomic E-state index is -0.221. The molecule has 2 aromatic heterocycles. The molecule has 0 amide bonds. The van der Waals surface area contributed by atoms with Gasteiger partial charge >= 0.3 is 4.87 Å². The second kappa shape index (κ2) is 5.28. The van der Waals surface area contributed by atoms with Crippen LogP contribution in [0.4, 0.5) is 0 Å². The van der Waals surface area contributed by atoms with Gasteiger partial charge in [-0.1, -0.05) is 35.6 Å². The predicted octanol–water partition coefficient (Wildman–Crippen LogP) is 3.86. The number of para-hydroxylation sites is 1. The molecule has 0 spiro atoms. The summed E-state index contributed by atoms with van der Waals surface area (Å²) < 4.78 is 2.31. The van der Waals surface area contributed by atoms with Crippen molar-refractivity contribution in [1.82, 2.24) is 9.55 Å². The Labute approximate surface area is 136 Å². The van der Waals surface area contributed by atoms with Gasteiger partial charge in [0, 0.05) is 34.8 Å². The fourth-order valence-corrected chi connectivity index (χ4v) is 3.97. The molecule has 2 aromatic carbocycles. The van der Waals surface area contributed by atoms with Crippen molar-refractivity contribution >= 4 is 33.1 Å². The van der Waals surface area contributed by atoms with Gasteiger partial charge in [0.05, 0.1) is 4.88 Å². The van der Waals surface area contributed by atoms with Gasteiger partial charge in [0.25, 0.3) is 0 Å². The number of rotatable bonds is 3. The van der Waals surface area contributed by atoms with Crippen molar-refractivity contribution < 1.29 is 5.11 Å². The SMILES string of the molecule is CCn1c2ccccc2c2cc(Cc3sc(=O)[nH]c3O)ccc21. The molecule has 4 aromatic rings. The maximum Gasteiger partial charge on any atom is 0.307 e. The highest BCUT2D eigenvalue weighted by Crippen LogP contribution is 2.31. The highest BCUT2D eigenvalue weighted by Gasteiger charge is 2.12. The number of nitrogens with zero attached hydrogens (tertiary/aromatic N) is 1. The van der Waals surface area contributed by atoms with Crippen molar-refractivity contribution in [1.29, 1.82) is 0 Å². The van der Waals surface area contributed by atoms with E-state index in [0.29, 0.717) is 11.3 Å². The first-order chi connectivity index (χ1) is 11.2. The highest BCUT2D eigenvalue weighted by atomic mass is 32.1. The zero-order valence-electron chi connectivity index (χ0n) is 12.7. The molecule has 4 nitrogen and oxygen atoms in total. The van der Waals surface area contributed by atoms with Crippen molar-refractivity contribution in [2.45, 2.75) is 19.9 Å². The molecule has 2 N–H and O–H groups in total. The van der Waals surface area contributed by atoms with Gasteiger partial charge < -0.3 is 9.67 Å². The third-order valence-corrected chi connectivity index (χ3v) is 5.09. The summed E-state index contributed by atoms with van der Waals surface area (Å²) in [5.74, 6) is -0.0175. The minimum absolute atomic E-state index is 0.0175. The topological polar surface area (TPSA) is 58.0 Å². The Bertz CT molecular complexity index is 1070. The molecule has 2 heterocycles. The number of hydrogen-bond acceptors (Lipinski definition) is 3. The Morgan fingerprint density at radius 1 is 1.13 bits per heavy atom. The van der Waals surface area contributed by atoms with E-state index in [0.717, 1.165) is 23.4 Å². The van der Waals surface area contributed by atoms with Gasteiger partial charge in [-0.25, -0.2) is 0 Å². The Morgan fingerprint density at radius 3 is 2.65 bits per heavy atom. The van der Waals surface area contributed by atoms with Crippen LogP contribution < -0.4 is 4.87 Å². The lowest BCUT2D eigenvalue weighted by atomic mass is 10.1. The van der Waals surface area contributed by atoms with Crippen LogP contribution in [0.3, 0.4) is 0 Å². The van der Waals surface area contributed by atoms with Crippen LogP contribution in [0.2, 0.25) is 0 Å². The number of thiazole rings is 1. The molecule has 0 aliphatic carbocycles. The van der Waals surface area contributed by atoms with E-state index in [-0.39, 0.29) is 10.8 Å². The van der Waals surface area contributed by atoms with E-state index in [1.807, 2.05) is 0 Å². The Hall–Kier alpha value is -2.53. The second-order valence-corrected chi connectivity index (χ2v) is 6.64. The van der Waals surface area contributed by atoms with E-state index in [2.05, 4.69) is 58.9 Å². The number of aromatic amines is 1. The maximum atomic E-state index is 11.3. The lowest BCUT2D eigenvalue weighted by Gasteiger charge is -2.04. The van der Waals surface area contributed by atoms with E-state index in [4.69, 9.17) is 0 Å². The Morgan fingerprint density at radius 2 is 1.91 bits per heavy atom. The normalized spacial score (nSPS) is 11.5. The van der Waals surface area contributed by atoms with E-state index >= 15 is 0 Å². The minimum Gasteiger partial charge on any atom is -0.494 e. The first kappa shape index (κ1) is 14.1. The first-order valence-electron chi connectivity index (χ1n) is 7.58. The molecule has 116 valence electrons. The second-order valence-electron chi connectivity index (χ2n) is 5.58. The zero-order chi connectivity index (χ0) is 16.0. The van der Waals surface area contributed by atoms with Crippen molar-refractivity contribution in [3.8, 4) is 5.88 Å². The van der Waals surface area contributed by atoms with Gasteiger partial charge in [-0.2, -0.15) is 0 Å². The third kappa shape index (κ3) is 2.24. The summed E-state index contributed by atoms with van der Waals surface area (Å²) in [7, 11) is 0. The molecular formula is C18H16N2O2S. The van der Waals surface area contributed by atoms with Crippen LogP contribution in [0.15, 0.2) is 47.3 Å². The Balaban J connectivity index is 1.89. The van der Waals surface area contributed by atoms with Crippen molar-refractivity contribution in [2.24, 2.45) is 0 Å². The molecule has 5 heteroatoms. The molecule has 0 fully saturated rings. The van der Waals surface area contributed by atoms with Crippen LogP contribution in [0.5, 0.6) is 5.88 Å². The summed E-state index contributed by atoms with van der Waals surface area (Å²) in [6.07, 6.45) is 0.552. The molecule has 0 bridgehead atoms. The van der Waals surface area contributed by atoms with E-state index < -0.39 is 0 Å². The van der Waals surface area contributed by atoms with Crippen LogP contribution in [-0.4, -0.2) is 14.7 Å². The van der Waals surface area contributed by atoms with Crippen LogP contribution >= 0.6 is 11.3 Å². The maximum absolute atomic E-state index is 11.3. The van der Waals surface area contributed by atoms with Crippen molar-refractivity contribution in [3.05, 3.63) is 62.6 Å². The number of hydrogen-bond donors (Lipinski definition) is 2. The van der Waals surface area contributed by atoms with Crippen LogP contribution in [0, 0.1) is 0 Å². The largest absolute Gasteiger partial charge is 0.494 e. The molecule has 0 unspecified atom stereocenters. The number of fused-ring (bicyclic) bond motifs is 3. The van der Waals surface area contributed by atoms with Gasteiger partial charge in [0.15, 0.2) is 0 Å². The van der Waals surface area contributed by atoms with Gasteiger partial charge in [0.2, 0.25) is 5.88 Å². The average molecular weight is 324 g/mol. The fourth-order valence-electron chi connectivity index (χ4n) is 3.21. The summed E-state index contributed by atoms with van der Waals surface area (Å²) in [4.78, 5) is 14.2. The van der Waals surface area contributed by atoms with Crippen LogP contribution in [-0.2, 0) is 13.0 Å². The van der Waals surface area contributed by atoms with Gasteiger partial charge in [0.1, 0.15) is 0 Å². The van der Waals surface area contributed by atoms with Crippen LogP contribution in [0.25, 0.3) is 21.8 Å². The van der Waals surface area contributed by atoms with Gasteiger partial charge in [-0.05, 0) is 30.7 Å². The summed E-state index contributed by atoms with van der Waals surface area (Å²) in [5.41, 5.74) is 3.53. The molecule has 0 saturated heterocycles. The van der Waals surface area contributed by atoms with Crippen LogP contribution in [0.1, 0.15) is 17.4 Å². The molecule has 23 heavy (non-hydrogen) atoms. The molecule has 4 rings (SSSR count). The summed E-state index contributed by atoms with van der Waals surface area (Å²) in [5, 5.41) is 12.2. The standard InChI is InChI=1S/C18H16N2O2S/c1-2-20-14-6-4-3-5-12(14)13-9-11(7-8-15(13)20)10-16-17(21)19-18(22)23-16/h3-9,21H,2,10H2,1H3,(H,19,22). The number of benzene rings is 2. The number of aryl methyl sites for hydroxylation is 1. The molecule has 0 aliphatic rings. The number of H-pyrrole nitrogens is 1. The molecule has 0 atom stereocenters. The molecule has 0 aliphatic heterocycles. The zero-order valence-corrected chi connectivity index (χ0v) is 13.5. The molecule has 0 radical (unpaired) electrons.